The quantitative estimate of drug-likeness (QED) is 0.261. The molecule has 1 aromatic heterocycles. The van der Waals surface area contributed by atoms with Crippen LogP contribution >= 0.6 is 17.6 Å². The van der Waals surface area contributed by atoms with Gasteiger partial charge in [-0.25, -0.2) is 14.8 Å². The van der Waals surface area contributed by atoms with E-state index < -0.39 is 41.3 Å². The topological polar surface area (TPSA) is 131 Å². The highest BCUT2D eigenvalue weighted by Crippen LogP contribution is 2.50. The van der Waals surface area contributed by atoms with Crippen LogP contribution in [0.15, 0.2) is 13.6 Å². The first kappa shape index (κ1) is 28.5. The lowest BCUT2D eigenvalue weighted by Crippen LogP contribution is -2.24. The first-order valence-electron chi connectivity index (χ1n) is 10.3. The number of ether oxygens (including phenoxy) is 2. The molecule has 0 spiro atoms. The molecular formula is C20H35O10PS. The van der Waals surface area contributed by atoms with E-state index in [2.05, 4.69) is 18.8 Å². The standard InChI is InChI=1S/C20H35O10PS/c1-7-27-31(24,28-8-2)14-16(9-10-18(21)25-11-12-32(4,5)6)19(22)26-13-17-15(3)29-20(23)30-17/h16H,7-14H2,1-6H3. The van der Waals surface area contributed by atoms with Crippen LogP contribution in [0.1, 0.15) is 38.2 Å². The summed E-state index contributed by atoms with van der Waals surface area (Å²) in [5, 5.41) is 0. The maximum Gasteiger partial charge on any atom is 0.519 e. The Morgan fingerprint density at radius 3 is 2.19 bits per heavy atom. The van der Waals surface area contributed by atoms with E-state index >= 15 is 0 Å². The molecule has 0 N–H and O–H groups in total. The van der Waals surface area contributed by atoms with Gasteiger partial charge in [0.25, 0.3) is 0 Å². The zero-order valence-electron chi connectivity index (χ0n) is 19.7. The van der Waals surface area contributed by atoms with E-state index in [0.29, 0.717) is 6.61 Å². The minimum absolute atomic E-state index is 0.0402. The SMILES string of the molecule is CCOP(=O)(CC(CCC(=O)OCCS(C)(C)C)C(=O)OCc1oc(=O)oc1C)OCC. The third-order valence-corrected chi connectivity index (χ3v) is 7.85. The van der Waals surface area contributed by atoms with Crippen LogP contribution < -0.4 is 5.82 Å². The van der Waals surface area contributed by atoms with Crippen molar-refractivity contribution in [3.05, 3.63) is 22.1 Å². The molecule has 186 valence electrons. The molecule has 12 heteroatoms. The highest BCUT2D eigenvalue weighted by atomic mass is 32.3. The Balaban J connectivity index is 2.81. The molecule has 1 aromatic rings. The van der Waals surface area contributed by atoms with Gasteiger partial charge in [-0.15, -0.1) is 0 Å². The lowest BCUT2D eigenvalue weighted by atomic mass is 10.1. The third kappa shape index (κ3) is 10.8. The lowest BCUT2D eigenvalue weighted by Gasteiger charge is -2.24. The fourth-order valence-electron chi connectivity index (χ4n) is 2.62. The molecule has 1 rings (SSSR count). The van der Waals surface area contributed by atoms with Crippen molar-refractivity contribution in [2.45, 2.75) is 40.2 Å². The van der Waals surface area contributed by atoms with Crippen molar-refractivity contribution in [2.75, 3.05) is 50.5 Å². The molecule has 0 aromatic carbocycles. The molecule has 0 amide bonds. The number of hydrogen-bond acceptors (Lipinski definition) is 10. The van der Waals surface area contributed by atoms with Gasteiger partial charge >= 0.3 is 25.4 Å². The smallest absolute Gasteiger partial charge is 0.465 e. The molecule has 1 unspecified atom stereocenters. The normalized spacial score (nSPS) is 13.6. The van der Waals surface area contributed by atoms with Crippen molar-refractivity contribution in [1.82, 2.24) is 0 Å². The van der Waals surface area contributed by atoms with Crippen molar-refractivity contribution >= 4 is 29.6 Å². The van der Waals surface area contributed by atoms with E-state index in [1.54, 1.807) is 13.8 Å². The molecule has 32 heavy (non-hydrogen) atoms. The van der Waals surface area contributed by atoms with Gasteiger partial charge in [-0.1, -0.05) is 0 Å². The molecule has 0 aliphatic carbocycles. The molecule has 0 fully saturated rings. The Bertz CT molecular complexity index is 828. The zero-order valence-corrected chi connectivity index (χ0v) is 21.4. The van der Waals surface area contributed by atoms with Gasteiger partial charge in [-0.3, -0.25) is 14.2 Å². The van der Waals surface area contributed by atoms with E-state index in [9.17, 15) is 18.9 Å². The minimum atomic E-state index is -3.58. The molecule has 0 saturated carbocycles. The molecule has 0 radical (unpaired) electrons. The minimum Gasteiger partial charge on any atom is -0.465 e. The highest BCUT2D eigenvalue weighted by Gasteiger charge is 2.34. The largest absolute Gasteiger partial charge is 0.519 e. The van der Waals surface area contributed by atoms with Gasteiger partial charge in [0.15, 0.2) is 18.1 Å². The fourth-order valence-corrected chi connectivity index (χ4v) is 5.15. The summed E-state index contributed by atoms with van der Waals surface area (Å²) in [6.07, 6.45) is 6.10. The molecule has 1 atom stereocenters. The summed E-state index contributed by atoms with van der Waals surface area (Å²) in [4.78, 5) is 36.0. The van der Waals surface area contributed by atoms with E-state index in [4.69, 9.17) is 27.4 Å². The maximum atomic E-state index is 12.9. The van der Waals surface area contributed by atoms with Gasteiger partial charge in [0, 0.05) is 12.2 Å². The Kier molecular flexibility index (Phi) is 11.8. The van der Waals surface area contributed by atoms with E-state index in [0.717, 1.165) is 5.75 Å². The van der Waals surface area contributed by atoms with Crippen molar-refractivity contribution in [3.8, 4) is 0 Å². The van der Waals surface area contributed by atoms with Crippen molar-refractivity contribution < 1.29 is 41.5 Å². The van der Waals surface area contributed by atoms with E-state index in [1.807, 2.05) is 0 Å². The second-order valence-corrected chi connectivity index (χ2v) is 14.6. The molecular weight excluding hydrogens is 463 g/mol. The van der Waals surface area contributed by atoms with Gasteiger partial charge in [-0.2, -0.15) is 0 Å². The Morgan fingerprint density at radius 1 is 1.06 bits per heavy atom. The van der Waals surface area contributed by atoms with Crippen LogP contribution in [0, 0.1) is 12.8 Å². The molecule has 1 heterocycles. The van der Waals surface area contributed by atoms with Crippen LogP contribution in [-0.2, 0) is 39.3 Å². The Hall–Kier alpha value is -1.55. The molecule has 0 aliphatic rings. The van der Waals surface area contributed by atoms with E-state index in [1.165, 1.54) is 6.92 Å². The number of esters is 2. The van der Waals surface area contributed by atoms with Gasteiger partial charge < -0.3 is 27.4 Å². The maximum absolute atomic E-state index is 12.9. The summed E-state index contributed by atoms with van der Waals surface area (Å²) < 4.78 is 43.6. The van der Waals surface area contributed by atoms with Crippen LogP contribution in [0.3, 0.4) is 0 Å². The molecule has 0 aliphatic heterocycles. The Morgan fingerprint density at radius 2 is 1.69 bits per heavy atom. The predicted molar refractivity (Wildman–Crippen MR) is 121 cm³/mol. The summed E-state index contributed by atoms with van der Waals surface area (Å²) in [6, 6.07) is 0. The Labute approximate surface area is 190 Å². The molecule has 10 nitrogen and oxygen atoms in total. The average molecular weight is 499 g/mol. The third-order valence-electron chi connectivity index (χ3n) is 4.27. The van der Waals surface area contributed by atoms with Crippen molar-refractivity contribution in [3.63, 3.8) is 0 Å². The number of aryl methyl sites for hydroxylation is 1. The van der Waals surface area contributed by atoms with Gasteiger partial charge in [0.05, 0.1) is 31.9 Å². The summed E-state index contributed by atoms with van der Waals surface area (Å²) >= 11 is 0. The average Bonchev–Trinajstić information content (AvgIpc) is 2.99. The molecule has 0 saturated heterocycles. The summed E-state index contributed by atoms with van der Waals surface area (Å²) in [6.45, 7) is 5.07. The van der Waals surface area contributed by atoms with E-state index in [-0.39, 0.29) is 50.3 Å². The van der Waals surface area contributed by atoms with Crippen LogP contribution in [0.25, 0.3) is 0 Å². The van der Waals surface area contributed by atoms with Crippen molar-refractivity contribution in [1.29, 1.82) is 0 Å². The second kappa shape index (κ2) is 13.2. The summed E-state index contributed by atoms with van der Waals surface area (Å²) in [5.74, 6) is -1.97. The number of hydrogen-bond donors (Lipinski definition) is 0. The van der Waals surface area contributed by atoms with Crippen LogP contribution in [-0.4, -0.2) is 62.4 Å². The predicted octanol–water partition coefficient (Wildman–Crippen LogP) is 3.48. The van der Waals surface area contributed by atoms with Crippen molar-refractivity contribution in [2.24, 2.45) is 5.92 Å². The summed E-state index contributed by atoms with van der Waals surface area (Å²) in [5.41, 5.74) is 0. The number of rotatable bonds is 15. The van der Waals surface area contributed by atoms with Gasteiger partial charge in [0.1, 0.15) is 0 Å². The second-order valence-electron chi connectivity index (χ2n) is 7.92. The molecule has 0 bridgehead atoms. The number of carbonyl (C=O) groups excluding carboxylic acids is 2. The fraction of sp³-hybridized carbons (Fsp3) is 0.750. The van der Waals surface area contributed by atoms with Crippen LogP contribution in [0.5, 0.6) is 0 Å². The monoisotopic (exact) mass is 498 g/mol. The zero-order chi connectivity index (χ0) is 24.4. The highest BCUT2D eigenvalue weighted by molar-refractivity contribution is 8.32. The first-order valence-corrected chi connectivity index (χ1v) is 15.1. The number of carbonyl (C=O) groups is 2. The first-order chi connectivity index (χ1) is 14.9. The van der Waals surface area contributed by atoms with Gasteiger partial charge in [0.2, 0.25) is 0 Å². The summed E-state index contributed by atoms with van der Waals surface area (Å²) in [7, 11) is -4.37. The lowest BCUT2D eigenvalue weighted by molar-refractivity contribution is -0.150. The van der Waals surface area contributed by atoms with Gasteiger partial charge in [-0.05, 0) is 46.0 Å². The van der Waals surface area contributed by atoms with Crippen LogP contribution in [0.4, 0.5) is 0 Å². The van der Waals surface area contributed by atoms with Crippen LogP contribution in [0.2, 0.25) is 0 Å².